The molecule has 4 nitrogen and oxygen atoms in total. The van der Waals surface area contributed by atoms with Gasteiger partial charge >= 0.3 is 4.87 Å². The average Bonchev–Trinajstić information content (AvgIpc) is 2.90. The molecule has 130 valence electrons. The molecule has 1 aromatic heterocycles. The van der Waals surface area contributed by atoms with Gasteiger partial charge in [-0.3, -0.25) is 9.36 Å². The minimum absolute atomic E-state index is 0.0236. The van der Waals surface area contributed by atoms with E-state index in [1.54, 1.807) is 0 Å². The van der Waals surface area contributed by atoms with Crippen LogP contribution in [0.15, 0.2) is 27.2 Å². The highest BCUT2D eigenvalue weighted by atomic mass is 32.2. The topological polar surface area (TPSA) is 56.1 Å². The van der Waals surface area contributed by atoms with E-state index in [0.29, 0.717) is 11.8 Å². The summed E-state index contributed by atoms with van der Waals surface area (Å²) in [5.74, 6) is -1.86. The normalized spacial score (nSPS) is 16.5. The molecule has 1 aliphatic carbocycles. The van der Waals surface area contributed by atoms with Crippen LogP contribution in [0.25, 0.3) is 11.3 Å². The number of rotatable bonds is 3. The van der Waals surface area contributed by atoms with Crippen molar-refractivity contribution in [1.29, 1.82) is 0 Å². The second-order valence-electron chi connectivity index (χ2n) is 6.08. The van der Waals surface area contributed by atoms with Crippen molar-refractivity contribution in [2.24, 2.45) is 0 Å². The SMILES string of the molecule is CS(=O)(=O)c1cc(F)c(-c2csc(=O)n2C2CCCCC2)cc1F. The van der Waals surface area contributed by atoms with Crippen molar-refractivity contribution in [3.63, 3.8) is 0 Å². The molecular formula is C16H17F2NO3S2. The van der Waals surface area contributed by atoms with Crippen molar-refractivity contribution >= 4 is 21.2 Å². The predicted octanol–water partition coefficient (Wildman–Crippen LogP) is 3.76. The Morgan fingerprint density at radius 1 is 1.12 bits per heavy atom. The third-order valence-corrected chi connectivity index (χ3v) is 6.22. The summed E-state index contributed by atoms with van der Waals surface area (Å²) < 4.78 is 53.2. The first kappa shape index (κ1) is 17.3. The van der Waals surface area contributed by atoms with Crippen LogP contribution in [0.2, 0.25) is 0 Å². The lowest BCUT2D eigenvalue weighted by molar-refractivity contribution is 0.352. The van der Waals surface area contributed by atoms with Crippen molar-refractivity contribution < 1.29 is 17.2 Å². The third-order valence-electron chi connectivity index (χ3n) is 4.36. The molecule has 1 saturated carbocycles. The summed E-state index contributed by atoms with van der Waals surface area (Å²) in [6, 6.07) is 1.53. The van der Waals surface area contributed by atoms with E-state index < -0.39 is 26.4 Å². The van der Waals surface area contributed by atoms with Crippen LogP contribution in [0, 0.1) is 11.6 Å². The Hall–Kier alpha value is -1.54. The van der Waals surface area contributed by atoms with Crippen LogP contribution in [0.4, 0.5) is 8.78 Å². The first-order valence-electron chi connectivity index (χ1n) is 7.68. The van der Waals surface area contributed by atoms with E-state index in [1.807, 2.05) is 0 Å². The number of sulfone groups is 1. The molecule has 1 fully saturated rings. The van der Waals surface area contributed by atoms with Crippen LogP contribution in [0.1, 0.15) is 38.1 Å². The lowest BCUT2D eigenvalue weighted by Gasteiger charge is -2.24. The molecule has 2 aromatic rings. The minimum atomic E-state index is -3.86. The molecule has 1 aliphatic rings. The summed E-state index contributed by atoms with van der Waals surface area (Å²) in [5.41, 5.74) is 0.233. The highest BCUT2D eigenvalue weighted by molar-refractivity contribution is 7.90. The summed E-state index contributed by atoms with van der Waals surface area (Å²) in [4.78, 5) is 11.3. The number of hydrogen-bond donors (Lipinski definition) is 0. The molecular weight excluding hydrogens is 356 g/mol. The fraction of sp³-hybridized carbons (Fsp3) is 0.438. The van der Waals surface area contributed by atoms with E-state index in [1.165, 1.54) is 9.95 Å². The Balaban J connectivity index is 2.14. The average molecular weight is 373 g/mol. The molecule has 0 saturated heterocycles. The molecule has 0 N–H and O–H groups in total. The number of aromatic nitrogens is 1. The van der Waals surface area contributed by atoms with Gasteiger partial charge in [-0.2, -0.15) is 0 Å². The van der Waals surface area contributed by atoms with Gasteiger partial charge in [-0.25, -0.2) is 17.2 Å². The number of benzene rings is 1. The highest BCUT2D eigenvalue weighted by Crippen LogP contribution is 2.34. The molecule has 24 heavy (non-hydrogen) atoms. The van der Waals surface area contributed by atoms with Crippen molar-refractivity contribution in [3.8, 4) is 11.3 Å². The van der Waals surface area contributed by atoms with Crippen LogP contribution < -0.4 is 4.87 Å². The number of nitrogens with zero attached hydrogens (tertiary/aromatic N) is 1. The van der Waals surface area contributed by atoms with E-state index in [0.717, 1.165) is 55.8 Å². The fourth-order valence-corrected chi connectivity index (χ4v) is 4.75. The number of hydrogen-bond acceptors (Lipinski definition) is 4. The largest absolute Gasteiger partial charge is 0.307 e. The molecule has 1 aromatic carbocycles. The van der Waals surface area contributed by atoms with E-state index in [-0.39, 0.29) is 16.5 Å². The minimum Gasteiger partial charge on any atom is -0.296 e. The fourth-order valence-electron chi connectivity index (χ4n) is 3.21. The molecule has 8 heteroatoms. The Morgan fingerprint density at radius 3 is 2.42 bits per heavy atom. The van der Waals surface area contributed by atoms with Gasteiger partial charge in [0.1, 0.15) is 16.5 Å². The van der Waals surface area contributed by atoms with Gasteiger partial charge in [0.25, 0.3) is 0 Å². The summed E-state index contributed by atoms with van der Waals surface area (Å²) >= 11 is 0.944. The van der Waals surface area contributed by atoms with Crippen LogP contribution in [-0.2, 0) is 9.84 Å². The molecule has 3 rings (SSSR count). The molecule has 0 radical (unpaired) electrons. The van der Waals surface area contributed by atoms with E-state index in [9.17, 15) is 22.0 Å². The zero-order valence-corrected chi connectivity index (χ0v) is 14.7. The predicted molar refractivity (Wildman–Crippen MR) is 89.2 cm³/mol. The van der Waals surface area contributed by atoms with Gasteiger partial charge in [-0.05, 0) is 25.0 Å². The summed E-state index contributed by atoms with van der Waals surface area (Å²) in [6.07, 6.45) is 5.58. The van der Waals surface area contributed by atoms with Crippen molar-refractivity contribution in [1.82, 2.24) is 4.57 Å². The molecule has 0 atom stereocenters. The molecule has 1 heterocycles. The molecule has 0 spiro atoms. The molecule has 0 unspecified atom stereocenters. The van der Waals surface area contributed by atoms with Gasteiger partial charge in [0.05, 0.1) is 5.69 Å². The van der Waals surface area contributed by atoms with Crippen LogP contribution in [-0.4, -0.2) is 19.2 Å². The molecule has 0 bridgehead atoms. The van der Waals surface area contributed by atoms with Crippen molar-refractivity contribution in [2.45, 2.75) is 43.0 Å². The van der Waals surface area contributed by atoms with Gasteiger partial charge in [-0.1, -0.05) is 30.6 Å². The highest BCUT2D eigenvalue weighted by Gasteiger charge is 2.24. The first-order chi connectivity index (χ1) is 11.3. The van der Waals surface area contributed by atoms with Gasteiger partial charge in [0, 0.05) is 23.2 Å². The van der Waals surface area contributed by atoms with Crippen molar-refractivity contribution in [2.75, 3.05) is 6.26 Å². The van der Waals surface area contributed by atoms with Gasteiger partial charge in [0.15, 0.2) is 9.84 Å². The van der Waals surface area contributed by atoms with E-state index in [2.05, 4.69) is 0 Å². The lowest BCUT2D eigenvalue weighted by atomic mass is 9.95. The second kappa shape index (κ2) is 6.40. The first-order valence-corrected chi connectivity index (χ1v) is 10.5. The number of halogens is 2. The van der Waals surface area contributed by atoms with E-state index >= 15 is 0 Å². The maximum absolute atomic E-state index is 14.5. The second-order valence-corrected chi connectivity index (χ2v) is 8.89. The quantitative estimate of drug-likeness (QED) is 0.823. The summed E-state index contributed by atoms with van der Waals surface area (Å²) in [6.45, 7) is 0. The Labute approximate surface area is 142 Å². The van der Waals surface area contributed by atoms with Gasteiger partial charge < -0.3 is 0 Å². The van der Waals surface area contributed by atoms with Crippen molar-refractivity contribution in [3.05, 3.63) is 38.8 Å². The van der Waals surface area contributed by atoms with Crippen LogP contribution in [0.5, 0.6) is 0 Å². The maximum atomic E-state index is 14.5. The molecule has 0 amide bonds. The van der Waals surface area contributed by atoms with Crippen LogP contribution in [0.3, 0.4) is 0 Å². The Bertz CT molecular complexity index is 925. The smallest absolute Gasteiger partial charge is 0.296 e. The zero-order chi connectivity index (χ0) is 17.5. The Morgan fingerprint density at radius 2 is 1.79 bits per heavy atom. The Kier molecular flexibility index (Phi) is 4.61. The maximum Gasteiger partial charge on any atom is 0.307 e. The van der Waals surface area contributed by atoms with Gasteiger partial charge in [-0.15, -0.1) is 0 Å². The lowest BCUT2D eigenvalue weighted by Crippen LogP contribution is -2.23. The summed E-state index contributed by atoms with van der Waals surface area (Å²) in [7, 11) is -3.86. The number of thiazole rings is 1. The van der Waals surface area contributed by atoms with Crippen LogP contribution >= 0.6 is 11.3 Å². The monoisotopic (exact) mass is 373 g/mol. The summed E-state index contributed by atoms with van der Waals surface area (Å²) in [5, 5.41) is 1.51. The van der Waals surface area contributed by atoms with E-state index in [4.69, 9.17) is 0 Å². The third kappa shape index (κ3) is 3.17. The zero-order valence-electron chi connectivity index (χ0n) is 13.1. The molecule has 0 aliphatic heterocycles. The standard InChI is InChI=1S/C16H17F2NO3S2/c1-24(21,22)15-8-12(17)11(7-13(15)18)14-9-23-16(20)19(14)10-5-3-2-4-6-10/h7-10H,2-6H2,1H3. The van der Waals surface area contributed by atoms with Gasteiger partial charge in [0.2, 0.25) is 0 Å².